The summed E-state index contributed by atoms with van der Waals surface area (Å²) in [7, 11) is 0. The minimum atomic E-state index is -0.411. The van der Waals surface area contributed by atoms with Crippen LogP contribution in [0.3, 0.4) is 0 Å². The predicted octanol–water partition coefficient (Wildman–Crippen LogP) is 3.77. The van der Waals surface area contributed by atoms with Crippen molar-refractivity contribution in [3.63, 3.8) is 0 Å². The van der Waals surface area contributed by atoms with Gasteiger partial charge < -0.3 is 15.0 Å². The number of carbonyl (C=O) groups excluding carboxylic acids is 1. The number of thiophene rings is 1. The van der Waals surface area contributed by atoms with Gasteiger partial charge in [-0.05, 0) is 61.5 Å². The fraction of sp³-hybridized carbons (Fsp3) is 0.688. The first-order valence-electron chi connectivity index (χ1n) is 7.71. The van der Waals surface area contributed by atoms with Crippen molar-refractivity contribution < 1.29 is 9.53 Å². The van der Waals surface area contributed by atoms with Crippen LogP contribution in [0.25, 0.3) is 0 Å². The van der Waals surface area contributed by atoms with Crippen LogP contribution in [-0.4, -0.2) is 35.7 Å². The number of likely N-dealkylation sites (tertiary alicyclic amines) is 1. The highest BCUT2D eigenvalue weighted by atomic mass is 79.9. The molecule has 1 aliphatic carbocycles. The number of fused-ring (bicyclic) bond motifs is 1. The molecule has 1 N–H and O–H groups in total. The molecule has 2 aliphatic rings. The van der Waals surface area contributed by atoms with Crippen LogP contribution in [0.4, 0.5) is 4.79 Å². The van der Waals surface area contributed by atoms with Crippen LogP contribution in [-0.2, 0) is 11.3 Å². The van der Waals surface area contributed by atoms with Crippen molar-refractivity contribution in [1.82, 2.24) is 10.2 Å². The Labute approximate surface area is 144 Å². The molecule has 1 aromatic rings. The lowest BCUT2D eigenvalue weighted by molar-refractivity contribution is 0.0269. The second kappa shape index (κ2) is 5.80. The normalized spacial score (nSPS) is 27.0. The lowest BCUT2D eigenvalue weighted by Gasteiger charge is -2.26. The topological polar surface area (TPSA) is 41.6 Å². The van der Waals surface area contributed by atoms with Gasteiger partial charge in [-0.25, -0.2) is 4.79 Å². The van der Waals surface area contributed by atoms with E-state index in [4.69, 9.17) is 4.74 Å². The summed E-state index contributed by atoms with van der Waals surface area (Å²) in [5, 5.41) is 3.63. The van der Waals surface area contributed by atoms with E-state index in [9.17, 15) is 4.79 Å². The number of ether oxygens (including phenoxy) is 1. The zero-order chi connectivity index (χ0) is 16.1. The highest BCUT2D eigenvalue weighted by Gasteiger charge is 2.56. The fourth-order valence-electron chi connectivity index (χ4n) is 3.13. The Kier molecular flexibility index (Phi) is 4.29. The largest absolute Gasteiger partial charge is 0.444 e. The van der Waals surface area contributed by atoms with Gasteiger partial charge in [-0.2, -0.15) is 0 Å². The van der Waals surface area contributed by atoms with Crippen molar-refractivity contribution in [3.8, 4) is 0 Å². The average molecular weight is 387 g/mol. The summed E-state index contributed by atoms with van der Waals surface area (Å²) in [6.45, 7) is 10.4. The van der Waals surface area contributed by atoms with E-state index in [1.807, 2.05) is 37.0 Å². The van der Waals surface area contributed by atoms with Gasteiger partial charge >= 0.3 is 6.09 Å². The highest BCUT2D eigenvalue weighted by molar-refractivity contribution is 9.10. The van der Waals surface area contributed by atoms with Gasteiger partial charge in [0.1, 0.15) is 5.60 Å². The monoisotopic (exact) mass is 386 g/mol. The average Bonchev–Trinajstić information content (AvgIpc) is 2.73. The maximum atomic E-state index is 12.0. The van der Waals surface area contributed by atoms with Crippen molar-refractivity contribution >= 4 is 33.4 Å². The van der Waals surface area contributed by atoms with E-state index in [0.29, 0.717) is 17.9 Å². The molecule has 1 saturated heterocycles. The summed E-state index contributed by atoms with van der Waals surface area (Å²) < 4.78 is 6.63. The van der Waals surface area contributed by atoms with E-state index in [0.717, 1.165) is 19.6 Å². The van der Waals surface area contributed by atoms with E-state index in [-0.39, 0.29) is 6.09 Å². The zero-order valence-corrected chi connectivity index (χ0v) is 15.9. The first kappa shape index (κ1) is 16.3. The molecule has 2 atom stereocenters. The molecule has 6 heteroatoms. The number of halogens is 1. The van der Waals surface area contributed by atoms with Crippen LogP contribution >= 0.6 is 27.3 Å². The molecule has 0 bridgehead atoms. The number of amides is 1. The smallest absolute Gasteiger partial charge is 0.410 e. The molecular formula is C16H23BrN2O2S. The quantitative estimate of drug-likeness (QED) is 0.859. The molecule has 122 valence electrons. The third-order valence-electron chi connectivity index (χ3n) is 4.27. The third-order valence-corrected chi connectivity index (χ3v) is 6.40. The van der Waals surface area contributed by atoms with Crippen LogP contribution in [0.15, 0.2) is 10.5 Å². The van der Waals surface area contributed by atoms with Gasteiger partial charge in [0.05, 0.1) is 0 Å². The van der Waals surface area contributed by atoms with Crippen molar-refractivity contribution in [1.29, 1.82) is 0 Å². The molecular weight excluding hydrogens is 364 g/mol. The van der Waals surface area contributed by atoms with E-state index >= 15 is 0 Å². The number of nitrogens with zero attached hydrogens (tertiary/aromatic N) is 1. The first-order valence-corrected chi connectivity index (χ1v) is 9.31. The molecule has 1 aliphatic heterocycles. The number of hydrogen-bond acceptors (Lipinski definition) is 4. The van der Waals surface area contributed by atoms with Crippen molar-refractivity contribution in [2.45, 2.75) is 45.9 Å². The van der Waals surface area contributed by atoms with E-state index in [2.05, 4.69) is 34.2 Å². The van der Waals surface area contributed by atoms with Gasteiger partial charge in [0.25, 0.3) is 0 Å². The Bertz CT molecular complexity index is 550. The third kappa shape index (κ3) is 3.49. The molecule has 1 aromatic heterocycles. The molecule has 4 nitrogen and oxygen atoms in total. The Balaban J connectivity index is 1.44. The molecule has 0 aromatic carbocycles. The molecule has 2 heterocycles. The summed E-state index contributed by atoms with van der Waals surface area (Å²) in [4.78, 5) is 16.6. The van der Waals surface area contributed by atoms with Crippen molar-refractivity contribution in [3.05, 3.63) is 20.3 Å². The predicted molar refractivity (Wildman–Crippen MR) is 92.2 cm³/mol. The summed E-state index contributed by atoms with van der Waals surface area (Å²) in [6.07, 6.45) is -0.170. The summed E-state index contributed by atoms with van der Waals surface area (Å²) in [6, 6.07) is 2.75. The van der Waals surface area contributed by atoms with Crippen molar-refractivity contribution in [2.24, 2.45) is 11.8 Å². The minimum absolute atomic E-state index is 0.170. The number of carbonyl (C=O) groups is 1. The Hall–Kier alpha value is -0.590. The summed E-state index contributed by atoms with van der Waals surface area (Å²) >= 11 is 5.39. The fourth-order valence-corrected chi connectivity index (χ4v) is 4.68. The number of rotatable bonds is 3. The van der Waals surface area contributed by atoms with Gasteiger partial charge in [-0.1, -0.05) is 0 Å². The lowest BCUT2D eigenvalue weighted by Crippen LogP contribution is -2.39. The second-order valence-corrected chi connectivity index (χ2v) is 9.43. The SMILES string of the molecule is Cc1sc(CNC2C3CN(C(=O)OC(C)(C)C)CC32)cc1Br. The molecule has 22 heavy (non-hydrogen) atoms. The number of piperidine rings is 1. The second-order valence-electron chi connectivity index (χ2n) is 7.24. The lowest BCUT2D eigenvalue weighted by atomic mass is 10.2. The van der Waals surface area contributed by atoms with Gasteiger partial charge in [-0.15, -0.1) is 11.3 Å². The Morgan fingerprint density at radius 2 is 2.09 bits per heavy atom. The van der Waals surface area contributed by atoms with Crippen LogP contribution < -0.4 is 5.32 Å². The van der Waals surface area contributed by atoms with E-state index < -0.39 is 5.60 Å². The van der Waals surface area contributed by atoms with Crippen LogP contribution in [0.1, 0.15) is 30.5 Å². The molecule has 1 saturated carbocycles. The Morgan fingerprint density at radius 1 is 1.45 bits per heavy atom. The number of nitrogens with one attached hydrogen (secondary N) is 1. The van der Waals surface area contributed by atoms with Crippen LogP contribution in [0, 0.1) is 18.8 Å². The molecule has 2 fully saturated rings. The van der Waals surface area contributed by atoms with Gasteiger partial charge in [-0.3, -0.25) is 0 Å². The van der Waals surface area contributed by atoms with Crippen LogP contribution in [0.2, 0.25) is 0 Å². The summed E-state index contributed by atoms with van der Waals surface area (Å²) in [5.41, 5.74) is -0.411. The standard InChI is InChI=1S/C16H23BrN2O2S/c1-9-13(17)5-10(22-9)6-18-14-11-7-19(8-12(11)14)15(20)21-16(2,3)4/h5,11-12,14,18H,6-8H2,1-4H3. The van der Waals surface area contributed by atoms with Crippen molar-refractivity contribution in [2.75, 3.05) is 13.1 Å². The number of aryl methyl sites for hydroxylation is 1. The molecule has 1 amide bonds. The van der Waals surface area contributed by atoms with Gasteiger partial charge in [0.15, 0.2) is 0 Å². The minimum Gasteiger partial charge on any atom is -0.444 e. The number of hydrogen-bond donors (Lipinski definition) is 1. The first-order chi connectivity index (χ1) is 10.2. The molecule has 2 unspecified atom stereocenters. The molecule has 0 radical (unpaired) electrons. The maximum Gasteiger partial charge on any atom is 0.410 e. The molecule has 0 spiro atoms. The molecule has 3 rings (SSSR count). The van der Waals surface area contributed by atoms with Crippen LogP contribution in [0.5, 0.6) is 0 Å². The van der Waals surface area contributed by atoms with Gasteiger partial charge in [0.2, 0.25) is 0 Å². The highest BCUT2D eigenvalue weighted by Crippen LogP contribution is 2.46. The Morgan fingerprint density at radius 3 is 2.59 bits per heavy atom. The van der Waals surface area contributed by atoms with E-state index in [1.165, 1.54) is 14.2 Å². The van der Waals surface area contributed by atoms with E-state index in [1.54, 1.807) is 0 Å². The zero-order valence-electron chi connectivity index (χ0n) is 13.5. The maximum absolute atomic E-state index is 12.0. The van der Waals surface area contributed by atoms with Gasteiger partial charge in [0, 0.05) is 39.9 Å². The summed E-state index contributed by atoms with van der Waals surface area (Å²) in [5.74, 6) is 1.19.